The Morgan fingerprint density at radius 1 is 0.900 bits per heavy atom. The summed E-state index contributed by atoms with van der Waals surface area (Å²) in [6, 6.07) is 10.3. The number of methoxy groups -OCH3 is 2. The molecule has 162 valence electrons. The number of rotatable bonds is 6. The fraction of sp³-hybridized carbons (Fsp3) is 0.381. The number of aliphatic carboxylic acids is 2. The first-order chi connectivity index (χ1) is 14.4. The third-order valence-electron chi connectivity index (χ3n) is 4.63. The minimum Gasteiger partial charge on any atom is -0.493 e. The van der Waals surface area contributed by atoms with Gasteiger partial charge in [-0.05, 0) is 29.3 Å². The van der Waals surface area contributed by atoms with Crippen molar-refractivity contribution in [3.8, 4) is 11.5 Å². The van der Waals surface area contributed by atoms with Crippen LogP contribution < -0.4 is 9.47 Å². The number of hydrogen-bond acceptors (Lipinski definition) is 7. The lowest BCUT2D eigenvalue weighted by atomic mass is 10.1. The van der Waals surface area contributed by atoms with Gasteiger partial charge in [-0.1, -0.05) is 12.1 Å². The predicted molar refractivity (Wildman–Crippen MR) is 110 cm³/mol. The molecular weight excluding hydrogens is 390 g/mol. The minimum absolute atomic E-state index is 0.780. The van der Waals surface area contributed by atoms with Crippen molar-refractivity contribution in [2.24, 2.45) is 0 Å². The molecule has 9 heteroatoms. The second-order valence-corrected chi connectivity index (χ2v) is 6.71. The van der Waals surface area contributed by atoms with Gasteiger partial charge in [-0.3, -0.25) is 14.8 Å². The SMILES string of the molecule is COc1ccc(CN2CCN(Cc3cccnc3)CC2)cc1OC.O=C(O)C(=O)O. The number of aromatic nitrogens is 1. The zero-order valence-electron chi connectivity index (χ0n) is 17.2. The van der Waals surface area contributed by atoms with Crippen LogP contribution in [0.3, 0.4) is 0 Å². The normalized spacial score (nSPS) is 14.3. The van der Waals surface area contributed by atoms with E-state index in [2.05, 4.69) is 33.0 Å². The molecule has 0 bridgehead atoms. The molecule has 1 aliphatic heterocycles. The zero-order valence-corrected chi connectivity index (χ0v) is 17.2. The zero-order chi connectivity index (χ0) is 21.9. The van der Waals surface area contributed by atoms with Crippen molar-refractivity contribution in [1.29, 1.82) is 0 Å². The summed E-state index contributed by atoms with van der Waals surface area (Å²) in [6.45, 7) is 6.26. The lowest BCUT2D eigenvalue weighted by molar-refractivity contribution is -0.159. The maximum atomic E-state index is 9.10. The van der Waals surface area contributed by atoms with E-state index in [1.165, 1.54) is 11.1 Å². The quantitative estimate of drug-likeness (QED) is 0.676. The maximum Gasteiger partial charge on any atom is 0.414 e. The number of carboxylic acids is 2. The summed E-state index contributed by atoms with van der Waals surface area (Å²) in [7, 11) is 3.35. The Bertz CT molecular complexity index is 811. The highest BCUT2D eigenvalue weighted by Crippen LogP contribution is 2.28. The molecular formula is C21H27N3O6. The molecule has 1 aromatic carbocycles. The van der Waals surface area contributed by atoms with Crippen LogP contribution >= 0.6 is 0 Å². The number of pyridine rings is 1. The Kier molecular flexibility index (Phi) is 9.04. The highest BCUT2D eigenvalue weighted by Gasteiger charge is 2.17. The van der Waals surface area contributed by atoms with Gasteiger partial charge in [0.25, 0.3) is 0 Å². The number of carboxylic acid groups (broad SMARTS) is 2. The molecule has 0 atom stereocenters. The van der Waals surface area contributed by atoms with Crippen LogP contribution in [0.1, 0.15) is 11.1 Å². The molecule has 1 aliphatic rings. The molecule has 0 radical (unpaired) electrons. The Morgan fingerprint density at radius 3 is 1.93 bits per heavy atom. The molecule has 2 N–H and O–H groups in total. The van der Waals surface area contributed by atoms with Gasteiger partial charge in [-0.2, -0.15) is 0 Å². The fourth-order valence-corrected chi connectivity index (χ4v) is 3.09. The highest BCUT2D eigenvalue weighted by atomic mass is 16.5. The van der Waals surface area contributed by atoms with E-state index in [1.54, 1.807) is 14.2 Å². The van der Waals surface area contributed by atoms with Gasteiger partial charge in [-0.25, -0.2) is 9.59 Å². The lowest BCUT2D eigenvalue weighted by Crippen LogP contribution is -2.45. The average Bonchev–Trinajstić information content (AvgIpc) is 2.76. The van der Waals surface area contributed by atoms with Crippen molar-refractivity contribution >= 4 is 11.9 Å². The van der Waals surface area contributed by atoms with Gasteiger partial charge < -0.3 is 19.7 Å². The summed E-state index contributed by atoms with van der Waals surface area (Å²) in [5, 5.41) is 14.8. The van der Waals surface area contributed by atoms with Crippen molar-refractivity contribution in [3.05, 3.63) is 53.9 Å². The topological polar surface area (TPSA) is 112 Å². The Balaban J connectivity index is 0.000000469. The molecule has 1 saturated heterocycles. The van der Waals surface area contributed by atoms with Crippen molar-refractivity contribution in [1.82, 2.24) is 14.8 Å². The van der Waals surface area contributed by atoms with E-state index >= 15 is 0 Å². The lowest BCUT2D eigenvalue weighted by Gasteiger charge is -2.34. The van der Waals surface area contributed by atoms with Crippen LogP contribution in [0.15, 0.2) is 42.7 Å². The molecule has 0 unspecified atom stereocenters. The first-order valence-corrected chi connectivity index (χ1v) is 9.43. The van der Waals surface area contributed by atoms with Crippen LogP contribution in [0.4, 0.5) is 0 Å². The van der Waals surface area contributed by atoms with E-state index in [1.807, 2.05) is 24.5 Å². The number of ether oxygens (including phenoxy) is 2. The molecule has 0 spiro atoms. The van der Waals surface area contributed by atoms with Gasteiger partial charge in [0.15, 0.2) is 11.5 Å². The van der Waals surface area contributed by atoms with Crippen LogP contribution in [0.25, 0.3) is 0 Å². The summed E-state index contributed by atoms with van der Waals surface area (Å²) < 4.78 is 10.7. The van der Waals surface area contributed by atoms with Gasteiger partial charge in [0.05, 0.1) is 14.2 Å². The number of benzene rings is 1. The van der Waals surface area contributed by atoms with Crippen molar-refractivity contribution < 1.29 is 29.3 Å². The maximum absolute atomic E-state index is 9.10. The molecule has 0 saturated carbocycles. The molecule has 1 aromatic heterocycles. The average molecular weight is 417 g/mol. The summed E-state index contributed by atoms with van der Waals surface area (Å²) >= 11 is 0. The van der Waals surface area contributed by atoms with E-state index in [0.29, 0.717) is 0 Å². The molecule has 2 aromatic rings. The van der Waals surface area contributed by atoms with Crippen LogP contribution in [-0.4, -0.2) is 77.3 Å². The number of hydrogen-bond donors (Lipinski definition) is 2. The minimum atomic E-state index is -1.82. The van der Waals surface area contributed by atoms with E-state index in [-0.39, 0.29) is 0 Å². The van der Waals surface area contributed by atoms with Gasteiger partial charge in [0, 0.05) is 51.7 Å². The molecule has 30 heavy (non-hydrogen) atoms. The number of carbonyl (C=O) groups is 2. The third kappa shape index (κ3) is 7.34. The van der Waals surface area contributed by atoms with Crippen LogP contribution in [0.2, 0.25) is 0 Å². The van der Waals surface area contributed by atoms with Gasteiger partial charge in [0.2, 0.25) is 0 Å². The van der Waals surface area contributed by atoms with Crippen molar-refractivity contribution in [3.63, 3.8) is 0 Å². The van der Waals surface area contributed by atoms with Crippen molar-refractivity contribution in [2.75, 3.05) is 40.4 Å². The van der Waals surface area contributed by atoms with Gasteiger partial charge in [-0.15, -0.1) is 0 Å². The standard InChI is InChI=1S/C19H25N3O2.C2H2O4/c1-23-18-6-5-16(12-19(18)24-2)14-21-8-10-22(11-9-21)15-17-4-3-7-20-13-17;3-1(4)2(5)6/h3-7,12-13H,8-11,14-15H2,1-2H3;(H,3,4)(H,5,6). The van der Waals surface area contributed by atoms with E-state index in [9.17, 15) is 0 Å². The number of nitrogens with zero attached hydrogens (tertiary/aromatic N) is 3. The fourth-order valence-electron chi connectivity index (χ4n) is 3.09. The molecule has 9 nitrogen and oxygen atoms in total. The van der Waals surface area contributed by atoms with Crippen LogP contribution in [-0.2, 0) is 22.7 Å². The molecule has 3 rings (SSSR count). The highest BCUT2D eigenvalue weighted by molar-refractivity contribution is 6.27. The smallest absolute Gasteiger partial charge is 0.414 e. The Morgan fingerprint density at radius 2 is 1.47 bits per heavy atom. The van der Waals surface area contributed by atoms with Gasteiger partial charge >= 0.3 is 11.9 Å². The largest absolute Gasteiger partial charge is 0.493 e. The van der Waals surface area contributed by atoms with Crippen LogP contribution in [0, 0.1) is 0 Å². The summed E-state index contributed by atoms with van der Waals surface area (Å²) in [5.41, 5.74) is 2.54. The Labute approximate surface area is 175 Å². The summed E-state index contributed by atoms with van der Waals surface area (Å²) in [6.07, 6.45) is 3.78. The van der Waals surface area contributed by atoms with Crippen LogP contribution in [0.5, 0.6) is 11.5 Å². The van der Waals surface area contributed by atoms with E-state index in [0.717, 1.165) is 50.8 Å². The first kappa shape index (κ1) is 23.1. The summed E-state index contributed by atoms with van der Waals surface area (Å²) in [4.78, 5) is 27.4. The molecule has 2 heterocycles. The molecule has 0 amide bonds. The second-order valence-electron chi connectivity index (χ2n) is 6.71. The monoisotopic (exact) mass is 417 g/mol. The first-order valence-electron chi connectivity index (χ1n) is 9.43. The molecule has 0 aliphatic carbocycles. The van der Waals surface area contributed by atoms with Gasteiger partial charge in [0.1, 0.15) is 0 Å². The van der Waals surface area contributed by atoms with E-state index in [4.69, 9.17) is 29.3 Å². The number of piperazine rings is 1. The second kappa shape index (κ2) is 11.7. The predicted octanol–water partition coefficient (Wildman–Crippen LogP) is 1.57. The third-order valence-corrected chi connectivity index (χ3v) is 4.63. The molecule has 1 fully saturated rings. The summed E-state index contributed by atoms with van der Waals surface area (Å²) in [5.74, 6) is -2.07. The van der Waals surface area contributed by atoms with E-state index < -0.39 is 11.9 Å². The van der Waals surface area contributed by atoms with Crippen molar-refractivity contribution in [2.45, 2.75) is 13.1 Å². The Hall–Kier alpha value is -3.17.